The van der Waals surface area contributed by atoms with Gasteiger partial charge in [0.15, 0.2) is 0 Å². The zero-order valence-electron chi connectivity index (χ0n) is 11.8. The van der Waals surface area contributed by atoms with Gasteiger partial charge in [-0.3, -0.25) is 0 Å². The van der Waals surface area contributed by atoms with E-state index in [1.165, 1.54) is 11.1 Å². The summed E-state index contributed by atoms with van der Waals surface area (Å²) in [4.78, 5) is 0. The fourth-order valence-corrected chi connectivity index (χ4v) is 2.45. The Morgan fingerprint density at radius 3 is 2.52 bits per heavy atom. The van der Waals surface area contributed by atoms with Crippen LogP contribution in [0.25, 0.3) is 0 Å². The largest absolute Gasteiger partial charge is 0.319 e. The molecular formula is C17H18Cl2N2. The summed E-state index contributed by atoms with van der Waals surface area (Å²) in [7, 11) is 1.95. The lowest BCUT2D eigenvalue weighted by Crippen LogP contribution is -2.19. The smallest absolute Gasteiger partial charge is 0.0991 e. The highest BCUT2D eigenvalue weighted by Crippen LogP contribution is 2.22. The molecule has 4 heteroatoms. The predicted molar refractivity (Wildman–Crippen MR) is 90.2 cm³/mol. The highest BCUT2D eigenvalue weighted by Gasteiger charge is 2.12. The van der Waals surface area contributed by atoms with Gasteiger partial charge in [0, 0.05) is 17.5 Å². The van der Waals surface area contributed by atoms with E-state index in [0.717, 1.165) is 18.0 Å². The van der Waals surface area contributed by atoms with Crippen LogP contribution in [0.4, 0.5) is 0 Å². The van der Waals surface area contributed by atoms with Crippen molar-refractivity contribution in [2.75, 3.05) is 13.6 Å². The van der Waals surface area contributed by atoms with Gasteiger partial charge in [0.1, 0.15) is 0 Å². The SMILES string of the molecule is CNC[C@@H](Cc1ccc(Cl)cc1)c1cccc(C#N)c1.Cl. The van der Waals surface area contributed by atoms with Crippen molar-refractivity contribution in [2.24, 2.45) is 0 Å². The van der Waals surface area contributed by atoms with Crippen molar-refractivity contribution < 1.29 is 0 Å². The van der Waals surface area contributed by atoms with Gasteiger partial charge in [0.05, 0.1) is 11.6 Å². The summed E-state index contributed by atoms with van der Waals surface area (Å²) in [5.74, 6) is 0.342. The van der Waals surface area contributed by atoms with Gasteiger partial charge in [-0.05, 0) is 48.9 Å². The molecule has 2 rings (SSSR count). The fourth-order valence-electron chi connectivity index (χ4n) is 2.32. The average Bonchev–Trinajstić information content (AvgIpc) is 2.49. The number of halogens is 2. The molecule has 21 heavy (non-hydrogen) atoms. The van der Waals surface area contributed by atoms with Crippen molar-refractivity contribution in [2.45, 2.75) is 12.3 Å². The van der Waals surface area contributed by atoms with E-state index in [9.17, 15) is 0 Å². The molecular weight excluding hydrogens is 303 g/mol. The molecule has 0 fully saturated rings. The Hall–Kier alpha value is -1.53. The van der Waals surface area contributed by atoms with Gasteiger partial charge in [-0.25, -0.2) is 0 Å². The molecule has 110 valence electrons. The molecule has 1 N–H and O–H groups in total. The van der Waals surface area contributed by atoms with Gasteiger partial charge in [-0.1, -0.05) is 35.9 Å². The summed E-state index contributed by atoms with van der Waals surface area (Å²) < 4.78 is 0. The van der Waals surface area contributed by atoms with E-state index in [2.05, 4.69) is 29.6 Å². The van der Waals surface area contributed by atoms with Crippen LogP contribution in [0.5, 0.6) is 0 Å². The average molecular weight is 321 g/mol. The lowest BCUT2D eigenvalue weighted by molar-refractivity contribution is 0.625. The zero-order chi connectivity index (χ0) is 14.4. The molecule has 2 aromatic carbocycles. The zero-order valence-corrected chi connectivity index (χ0v) is 13.4. The molecule has 0 amide bonds. The fraction of sp³-hybridized carbons (Fsp3) is 0.235. The van der Waals surface area contributed by atoms with Crippen LogP contribution in [-0.4, -0.2) is 13.6 Å². The second kappa shape index (κ2) is 8.69. The third kappa shape index (κ3) is 5.06. The van der Waals surface area contributed by atoms with E-state index >= 15 is 0 Å². The number of likely N-dealkylation sites (N-methyl/N-ethyl adjacent to an activating group) is 1. The minimum atomic E-state index is 0. The van der Waals surface area contributed by atoms with Crippen LogP contribution in [0, 0.1) is 11.3 Å². The Bertz CT molecular complexity index is 603. The molecule has 2 nitrogen and oxygen atoms in total. The van der Waals surface area contributed by atoms with Crippen molar-refractivity contribution in [1.82, 2.24) is 5.32 Å². The molecule has 0 unspecified atom stereocenters. The lowest BCUT2D eigenvalue weighted by Gasteiger charge is -2.17. The minimum Gasteiger partial charge on any atom is -0.319 e. The standard InChI is InChI=1S/C17H17ClN2.ClH/c1-20-12-16(9-13-5-7-17(18)8-6-13)15-4-2-3-14(10-15)11-19;/h2-8,10,16,20H,9,12H2,1H3;1H/t16-;/m1./s1. The molecule has 2 aromatic rings. The van der Waals surface area contributed by atoms with Crippen LogP contribution in [0.3, 0.4) is 0 Å². The van der Waals surface area contributed by atoms with Gasteiger partial charge in [-0.15, -0.1) is 12.4 Å². The van der Waals surface area contributed by atoms with Crippen LogP contribution in [-0.2, 0) is 6.42 Å². The number of nitriles is 1. The third-order valence-corrected chi connectivity index (χ3v) is 3.58. The predicted octanol–water partition coefficient (Wildman–Crippen LogP) is 4.18. The van der Waals surface area contributed by atoms with Crippen molar-refractivity contribution in [3.63, 3.8) is 0 Å². The lowest BCUT2D eigenvalue weighted by atomic mass is 9.91. The van der Waals surface area contributed by atoms with Crippen LogP contribution in [0.2, 0.25) is 5.02 Å². The molecule has 0 aliphatic heterocycles. The molecule has 0 aliphatic rings. The maximum Gasteiger partial charge on any atom is 0.0991 e. The van der Waals surface area contributed by atoms with E-state index in [-0.39, 0.29) is 12.4 Å². The van der Waals surface area contributed by atoms with Crippen molar-refractivity contribution >= 4 is 24.0 Å². The summed E-state index contributed by atoms with van der Waals surface area (Å²) in [6, 6.07) is 18.0. The van der Waals surface area contributed by atoms with E-state index in [0.29, 0.717) is 11.5 Å². The summed E-state index contributed by atoms with van der Waals surface area (Å²) in [5, 5.41) is 13.0. The van der Waals surface area contributed by atoms with E-state index in [4.69, 9.17) is 16.9 Å². The van der Waals surface area contributed by atoms with Crippen LogP contribution in [0.1, 0.15) is 22.6 Å². The molecule has 0 saturated heterocycles. The third-order valence-electron chi connectivity index (χ3n) is 3.33. The number of hydrogen-bond donors (Lipinski definition) is 1. The maximum atomic E-state index is 9.01. The minimum absolute atomic E-state index is 0. The van der Waals surface area contributed by atoms with Crippen molar-refractivity contribution in [1.29, 1.82) is 5.26 Å². The number of rotatable bonds is 5. The molecule has 0 spiro atoms. The first-order valence-electron chi connectivity index (χ1n) is 6.62. The Kier molecular flexibility index (Phi) is 7.25. The first kappa shape index (κ1) is 17.5. The summed E-state index contributed by atoms with van der Waals surface area (Å²) in [6.07, 6.45) is 0.924. The van der Waals surface area contributed by atoms with Crippen LogP contribution >= 0.6 is 24.0 Å². The normalized spacial score (nSPS) is 11.3. The van der Waals surface area contributed by atoms with Gasteiger partial charge >= 0.3 is 0 Å². The van der Waals surface area contributed by atoms with E-state index in [1.807, 2.05) is 37.4 Å². The van der Waals surface area contributed by atoms with Crippen molar-refractivity contribution in [3.05, 3.63) is 70.2 Å². The molecule has 1 atom stereocenters. The Balaban J connectivity index is 0.00000220. The second-order valence-corrected chi connectivity index (χ2v) is 5.26. The number of benzene rings is 2. The van der Waals surface area contributed by atoms with Gasteiger partial charge in [0.2, 0.25) is 0 Å². The highest BCUT2D eigenvalue weighted by atomic mass is 35.5. The molecule has 0 heterocycles. The van der Waals surface area contributed by atoms with Gasteiger partial charge in [0.25, 0.3) is 0 Å². The van der Waals surface area contributed by atoms with Crippen molar-refractivity contribution in [3.8, 4) is 6.07 Å². The second-order valence-electron chi connectivity index (χ2n) is 4.82. The Labute approximate surface area is 137 Å². The summed E-state index contributed by atoms with van der Waals surface area (Å²) in [5.41, 5.74) is 3.14. The Morgan fingerprint density at radius 1 is 1.19 bits per heavy atom. The van der Waals surface area contributed by atoms with Crippen LogP contribution < -0.4 is 5.32 Å². The number of nitrogens with one attached hydrogen (secondary N) is 1. The first-order valence-corrected chi connectivity index (χ1v) is 7.00. The summed E-state index contributed by atoms with van der Waals surface area (Å²) in [6.45, 7) is 0.873. The van der Waals surface area contributed by atoms with Crippen LogP contribution in [0.15, 0.2) is 48.5 Å². The molecule has 0 aliphatic carbocycles. The van der Waals surface area contributed by atoms with E-state index in [1.54, 1.807) is 0 Å². The molecule has 0 radical (unpaired) electrons. The maximum absolute atomic E-state index is 9.01. The Morgan fingerprint density at radius 2 is 1.90 bits per heavy atom. The number of nitrogens with zero attached hydrogens (tertiary/aromatic N) is 1. The quantitative estimate of drug-likeness (QED) is 0.897. The molecule has 0 bridgehead atoms. The molecule has 0 aromatic heterocycles. The number of hydrogen-bond acceptors (Lipinski definition) is 2. The first-order chi connectivity index (χ1) is 9.72. The molecule has 0 saturated carbocycles. The van der Waals surface area contributed by atoms with Gasteiger partial charge in [-0.2, -0.15) is 5.26 Å². The van der Waals surface area contributed by atoms with Gasteiger partial charge < -0.3 is 5.32 Å². The monoisotopic (exact) mass is 320 g/mol. The highest BCUT2D eigenvalue weighted by molar-refractivity contribution is 6.30. The van der Waals surface area contributed by atoms with E-state index < -0.39 is 0 Å². The summed E-state index contributed by atoms with van der Waals surface area (Å²) >= 11 is 5.92. The topological polar surface area (TPSA) is 35.8 Å².